The van der Waals surface area contributed by atoms with Gasteiger partial charge in [0.25, 0.3) is 0 Å². The number of rotatable bonds is 2. The summed E-state index contributed by atoms with van der Waals surface area (Å²) >= 11 is 15.2. The van der Waals surface area contributed by atoms with E-state index in [1.54, 1.807) is 0 Å². The van der Waals surface area contributed by atoms with Gasteiger partial charge in [-0.1, -0.05) is 33.6 Å². The van der Waals surface area contributed by atoms with Gasteiger partial charge in [0.1, 0.15) is 5.82 Å². The van der Waals surface area contributed by atoms with Crippen molar-refractivity contribution in [3.8, 4) is 0 Å². The molecular weight excluding hydrogens is 364 g/mol. The Morgan fingerprint density at radius 2 is 1.58 bits per heavy atom. The van der Waals surface area contributed by atoms with Crippen molar-refractivity contribution in [3.05, 3.63) is 68.4 Å². The highest BCUT2D eigenvalue weighted by Crippen LogP contribution is 2.38. The number of hydrogen-bond acceptors (Lipinski definition) is 0. The van der Waals surface area contributed by atoms with E-state index >= 15 is 0 Å². The van der Waals surface area contributed by atoms with E-state index in [1.165, 1.54) is 18.2 Å². The standard InChI is InChI=1S/C13H6BrCl2F3/c14-9-3-6(17)1-2-7(9)13(16)8-4-11(18)12(19)5-10(8)15/h1-5,13H. The first-order chi connectivity index (χ1) is 8.90. The van der Waals surface area contributed by atoms with E-state index in [-0.39, 0.29) is 10.6 Å². The van der Waals surface area contributed by atoms with E-state index in [4.69, 9.17) is 23.2 Å². The Bertz CT molecular complexity index is 632. The molecule has 0 saturated carbocycles. The van der Waals surface area contributed by atoms with Crippen molar-refractivity contribution in [2.75, 3.05) is 0 Å². The number of benzene rings is 2. The second kappa shape index (κ2) is 5.73. The molecule has 0 N–H and O–H groups in total. The molecule has 0 nitrogen and oxygen atoms in total. The Balaban J connectivity index is 2.49. The van der Waals surface area contributed by atoms with Crippen LogP contribution in [0.5, 0.6) is 0 Å². The zero-order valence-corrected chi connectivity index (χ0v) is 12.3. The fourth-order valence-corrected chi connectivity index (χ4v) is 3.00. The minimum Gasteiger partial charge on any atom is -0.207 e. The van der Waals surface area contributed by atoms with Gasteiger partial charge in [-0.3, -0.25) is 0 Å². The van der Waals surface area contributed by atoms with E-state index in [2.05, 4.69) is 15.9 Å². The van der Waals surface area contributed by atoms with Gasteiger partial charge in [-0.2, -0.15) is 0 Å². The first kappa shape index (κ1) is 14.7. The van der Waals surface area contributed by atoms with Crippen molar-refractivity contribution in [2.45, 2.75) is 5.38 Å². The van der Waals surface area contributed by atoms with Crippen molar-refractivity contribution < 1.29 is 13.2 Å². The third-order valence-corrected chi connectivity index (χ3v) is 4.03. The van der Waals surface area contributed by atoms with Crippen molar-refractivity contribution in [1.82, 2.24) is 0 Å². The first-order valence-electron chi connectivity index (χ1n) is 5.13. The van der Waals surface area contributed by atoms with Crippen molar-refractivity contribution in [2.24, 2.45) is 0 Å². The maximum atomic E-state index is 13.2. The molecule has 0 aliphatic carbocycles. The maximum Gasteiger partial charge on any atom is 0.160 e. The Morgan fingerprint density at radius 3 is 2.21 bits per heavy atom. The summed E-state index contributed by atoms with van der Waals surface area (Å²) in [5.41, 5.74) is 0.727. The fourth-order valence-electron chi connectivity index (χ4n) is 1.61. The lowest BCUT2D eigenvalue weighted by atomic mass is 10.0. The van der Waals surface area contributed by atoms with Crippen LogP contribution in [0.15, 0.2) is 34.8 Å². The molecule has 19 heavy (non-hydrogen) atoms. The largest absolute Gasteiger partial charge is 0.207 e. The first-order valence-corrected chi connectivity index (χ1v) is 6.74. The minimum absolute atomic E-state index is 0.00938. The summed E-state index contributed by atoms with van der Waals surface area (Å²) in [6.07, 6.45) is 0. The average Bonchev–Trinajstić information content (AvgIpc) is 2.33. The molecule has 0 saturated heterocycles. The van der Waals surface area contributed by atoms with Gasteiger partial charge in [-0.05, 0) is 35.4 Å². The Kier molecular flexibility index (Phi) is 4.43. The molecule has 6 heteroatoms. The predicted octanol–water partition coefficient (Wildman–Crippen LogP) is 5.85. The van der Waals surface area contributed by atoms with Crippen LogP contribution in [0.2, 0.25) is 5.02 Å². The third-order valence-electron chi connectivity index (χ3n) is 2.55. The van der Waals surface area contributed by atoms with Crippen LogP contribution in [0.4, 0.5) is 13.2 Å². The monoisotopic (exact) mass is 368 g/mol. The van der Waals surface area contributed by atoms with Crippen LogP contribution in [0.1, 0.15) is 16.5 Å². The summed E-state index contributed by atoms with van der Waals surface area (Å²) < 4.78 is 39.7. The lowest BCUT2D eigenvalue weighted by Gasteiger charge is -2.14. The molecule has 2 rings (SSSR count). The maximum absolute atomic E-state index is 13.2. The van der Waals surface area contributed by atoms with Gasteiger partial charge in [-0.15, -0.1) is 11.6 Å². The van der Waals surface area contributed by atoms with Crippen LogP contribution in [0.25, 0.3) is 0 Å². The van der Waals surface area contributed by atoms with Crippen LogP contribution in [-0.4, -0.2) is 0 Å². The second-order valence-corrected chi connectivity index (χ2v) is 5.51. The van der Waals surface area contributed by atoms with Crippen molar-refractivity contribution >= 4 is 39.1 Å². The quantitative estimate of drug-likeness (QED) is 0.460. The van der Waals surface area contributed by atoms with Crippen molar-refractivity contribution in [1.29, 1.82) is 0 Å². The second-order valence-electron chi connectivity index (χ2n) is 3.82. The molecule has 0 bridgehead atoms. The summed E-state index contributed by atoms with van der Waals surface area (Å²) in [7, 11) is 0. The number of halogens is 6. The van der Waals surface area contributed by atoms with E-state index in [0.717, 1.165) is 12.1 Å². The molecule has 0 aromatic heterocycles. The van der Waals surface area contributed by atoms with Gasteiger partial charge in [-0.25, -0.2) is 13.2 Å². The molecule has 0 aliphatic rings. The van der Waals surface area contributed by atoms with Gasteiger partial charge >= 0.3 is 0 Å². The number of hydrogen-bond donors (Lipinski definition) is 0. The molecule has 2 aromatic carbocycles. The van der Waals surface area contributed by atoms with Gasteiger partial charge in [0.2, 0.25) is 0 Å². The molecule has 0 amide bonds. The Hall–Kier alpha value is -0.710. The summed E-state index contributed by atoms with van der Waals surface area (Å²) in [5, 5.41) is -0.812. The van der Waals surface area contributed by atoms with Crippen LogP contribution >= 0.6 is 39.1 Å². The normalized spacial score (nSPS) is 12.5. The van der Waals surface area contributed by atoms with Crippen molar-refractivity contribution in [3.63, 3.8) is 0 Å². The summed E-state index contributed by atoms with van der Waals surface area (Å²) in [5.74, 6) is -2.52. The van der Waals surface area contributed by atoms with E-state index < -0.39 is 22.8 Å². The van der Waals surface area contributed by atoms with Gasteiger partial charge in [0.05, 0.1) is 5.38 Å². The minimum atomic E-state index is -1.05. The van der Waals surface area contributed by atoms with E-state index in [1.807, 2.05) is 0 Å². The van der Waals surface area contributed by atoms with Gasteiger partial charge < -0.3 is 0 Å². The zero-order chi connectivity index (χ0) is 14.2. The highest BCUT2D eigenvalue weighted by molar-refractivity contribution is 9.10. The van der Waals surface area contributed by atoms with Crippen LogP contribution in [0.3, 0.4) is 0 Å². The highest BCUT2D eigenvalue weighted by Gasteiger charge is 2.19. The van der Waals surface area contributed by atoms with Crippen LogP contribution in [0, 0.1) is 17.5 Å². The van der Waals surface area contributed by atoms with Gasteiger partial charge in [0.15, 0.2) is 11.6 Å². The topological polar surface area (TPSA) is 0 Å². The lowest BCUT2D eigenvalue weighted by molar-refractivity contribution is 0.507. The highest BCUT2D eigenvalue weighted by atomic mass is 79.9. The SMILES string of the molecule is Fc1ccc(C(Cl)c2cc(F)c(F)cc2Cl)c(Br)c1. The summed E-state index contributed by atoms with van der Waals surface area (Å²) in [6.45, 7) is 0. The average molecular weight is 370 g/mol. The molecular formula is C13H6BrCl2F3. The molecule has 0 spiro atoms. The molecule has 1 atom stereocenters. The summed E-state index contributed by atoms with van der Waals surface area (Å²) in [4.78, 5) is 0. The molecule has 0 radical (unpaired) electrons. The number of alkyl halides is 1. The molecule has 0 heterocycles. The van der Waals surface area contributed by atoms with Gasteiger partial charge in [0, 0.05) is 9.50 Å². The molecule has 2 aromatic rings. The lowest BCUT2D eigenvalue weighted by Crippen LogP contribution is -1.99. The van der Waals surface area contributed by atoms with Crippen LogP contribution in [-0.2, 0) is 0 Å². The summed E-state index contributed by atoms with van der Waals surface area (Å²) in [6, 6.07) is 5.71. The Labute approximate surface area is 126 Å². The molecule has 100 valence electrons. The van der Waals surface area contributed by atoms with Crippen LogP contribution < -0.4 is 0 Å². The van der Waals surface area contributed by atoms with E-state index in [9.17, 15) is 13.2 Å². The third kappa shape index (κ3) is 3.07. The molecule has 0 fully saturated rings. The Morgan fingerprint density at radius 1 is 0.947 bits per heavy atom. The smallest absolute Gasteiger partial charge is 0.160 e. The molecule has 0 aliphatic heterocycles. The predicted molar refractivity (Wildman–Crippen MR) is 73.2 cm³/mol. The molecule has 1 unspecified atom stereocenters. The fraction of sp³-hybridized carbons (Fsp3) is 0.0769. The van der Waals surface area contributed by atoms with E-state index in [0.29, 0.717) is 10.0 Å². The zero-order valence-electron chi connectivity index (χ0n) is 9.23.